The lowest BCUT2D eigenvalue weighted by molar-refractivity contribution is -0.118. The highest BCUT2D eigenvalue weighted by atomic mass is 32.1. The van der Waals surface area contributed by atoms with Gasteiger partial charge in [0.05, 0.1) is 4.99 Å². The zero-order valence-corrected chi connectivity index (χ0v) is 18.8. The van der Waals surface area contributed by atoms with Gasteiger partial charge in [-0.25, -0.2) is 4.79 Å². The Hall–Kier alpha value is -2.93. The first-order valence-electron chi connectivity index (χ1n) is 10.7. The van der Waals surface area contributed by atoms with Crippen LogP contribution in [0.4, 0.5) is 10.5 Å². The molecule has 0 spiro atoms. The maximum Gasteiger partial charge on any atom is 0.408 e. The Labute approximate surface area is 189 Å². The quantitative estimate of drug-likeness (QED) is 0.325. The molecule has 0 aliphatic carbocycles. The lowest BCUT2D eigenvalue weighted by atomic mass is 10.1. The van der Waals surface area contributed by atoms with Crippen molar-refractivity contribution < 1.29 is 14.3 Å². The normalized spacial score (nSPS) is 11.3. The van der Waals surface area contributed by atoms with Crippen molar-refractivity contribution in [3.63, 3.8) is 0 Å². The van der Waals surface area contributed by atoms with Crippen molar-refractivity contribution in [2.75, 3.05) is 11.9 Å². The Bertz CT molecular complexity index is 815. The van der Waals surface area contributed by atoms with E-state index in [0.717, 1.165) is 42.8 Å². The minimum Gasteiger partial charge on any atom is -0.445 e. The standard InChI is InChI=1S/C24H31N3O3S/c1-2-11-22(31)25-17-10-9-16-21(23(28)26-20-14-7-4-8-15-20)27-24(29)30-18-19-12-5-3-6-13-19/h3-8,12-15,21H,2,9-11,16-18H2,1H3,(H,25,31)(H,26,28)(H,27,29)/t21-/m0/s1. The minimum absolute atomic E-state index is 0.151. The molecular weight excluding hydrogens is 410 g/mol. The van der Waals surface area contributed by atoms with E-state index in [9.17, 15) is 9.59 Å². The van der Waals surface area contributed by atoms with Crippen LogP contribution in [0.2, 0.25) is 0 Å². The number of nitrogens with one attached hydrogen (secondary N) is 3. The van der Waals surface area contributed by atoms with Crippen molar-refractivity contribution in [2.24, 2.45) is 0 Å². The minimum atomic E-state index is -0.689. The summed E-state index contributed by atoms with van der Waals surface area (Å²) in [6, 6.07) is 17.9. The van der Waals surface area contributed by atoms with Gasteiger partial charge in [-0.1, -0.05) is 67.7 Å². The van der Waals surface area contributed by atoms with E-state index in [4.69, 9.17) is 17.0 Å². The number of ether oxygens (including phenoxy) is 1. The van der Waals surface area contributed by atoms with Crippen LogP contribution in [0, 0.1) is 0 Å². The van der Waals surface area contributed by atoms with Crippen LogP contribution >= 0.6 is 12.2 Å². The topological polar surface area (TPSA) is 79.5 Å². The summed E-state index contributed by atoms with van der Waals surface area (Å²) in [6.07, 6.45) is 3.39. The summed E-state index contributed by atoms with van der Waals surface area (Å²) < 4.78 is 5.29. The second kappa shape index (κ2) is 14.1. The molecule has 31 heavy (non-hydrogen) atoms. The van der Waals surface area contributed by atoms with Crippen LogP contribution in [-0.2, 0) is 16.1 Å². The van der Waals surface area contributed by atoms with E-state index in [-0.39, 0.29) is 12.5 Å². The molecule has 2 amide bonds. The summed E-state index contributed by atoms with van der Waals surface area (Å²) in [5.74, 6) is -0.266. The summed E-state index contributed by atoms with van der Waals surface area (Å²) in [5, 5.41) is 8.78. The van der Waals surface area contributed by atoms with Gasteiger partial charge >= 0.3 is 6.09 Å². The molecule has 2 rings (SSSR count). The van der Waals surface area contributed by atoms with Crippen molar-refractivity contribution in [1.82, 2.24) is 10.6 Å². The maximum absolute atomic E-state index is 12.8. The van der Waals surface area contributed by atoms with Crippen molar-refractivity contribution in [3.05, 3.63) is 66.2 Å². The van der Waals surface area contributed by atoms with Crippen molar-refractivity contribution in [2.45, 2.75) is 51.7 Å². The summed E-state index contributed by atoms with van der Waals surface area (Å²) in [6.45, 7) is 3.00. The van der Waals surface area contributed by atoms with Gasteiger partial charge in [0.1, 0.15) is 12.6 Å². The van der Waals surface area contributed by atoms with E-state index < -0.39 is 12.1 Å². The van der Waals surface area contributed by atoms with Gasteiger partial charge in [0.25, 0.3) is 0 Å². The monoisotopic (exact) mass is 441 g/mol. The Morgan fingerprint density at radius 1 is 1.00 bits per heavy atom. The number of unbranched alkanes of at least 4 members (excludes halogenated alkanes) is 1. The number of carbonyl (C=O) groups is 2. The van der Waals surface area contributed by atoms with E-state index in [1.54, 1.807) is 12.1 Å². The first-order valence-corrected chi connectivity index (χ1v) is 11.1. The fourth-order valence-electron chi connectivity index (χ4n) is 2.94. The van der Waals surface area contributed by atoms with Crippen LogP contribution in [0.3, 0.4) is 0 Å². The Morgan fingerprint density at radius 3 is 2.35 bits per heavy atom. The number of benzene rings is 2. The van der Waals surface area contributed by atoms with Crippen LogP contribution in [-0.4, -0.2) is 29.6 Å². The van der Waals surface area contributed by atoms with E-state index in [1.165, 1.54) is 0 Å². The summed E-state index contributed by atoms with van der Waals surface area (Å²) >= 11 is 5.25. The summed E-state index contributed by atoms with van der Waals surface area (Å²) in [7, 11) is 0. The van der Waals surface area contributed by atoms with Gasteiger partial charge in [0.15, 0.2) is 0 Å². The van der Waals surface area contributed by atoms with Crippen LogP contribution < -0.4 is 16.0 Å². The molecule has 0 unspecified atom stereocenters. The first kappa shape index (κ1) is 24.3. The largest absolute Gasteiger partial charge is 0.445 e. The summed E-state index contributed by atoms with van der Waals surface area (Å²) in [5.41, 5.74) is 1.57. The second-order valence-corrected chi connectivity index (χ2v) is 7.70. The van der Waals surface area contributed by atoms with E-state index >= 15 is 0 Å². The number of hydrogen-bond acceptors (Lipinski definition) is 4. The molecule has 1 atom stereocenters. The molecule has 6 nitrogen and oxygen atoms in total. The number of thiocarbonyl (C=S) groups is 1. The molecule has 0 aromatic heterocycles. The van der Waals surface area contributed by atoms with Crippen LogP contribution in [0.15, 0.2) is 60.7 Å². The molecule has 2 aromatic carbocycles. The predicted molar refractivity (Wildman–Crippen MR) is 128 cm³/mol. The lowest BCUT2D eigenvalue weighted by Gasteiger charge is -2.18. The fraction of sp³-hybridized carbons (Fsp3) is 0.375. The zero-order chi connectivity index (χ0) is 22.3. The molecule has 0 fully saturated rings. The number of para-hydroxylation sites is 1. The lowest BCUT2D eigenvalue weighted by Crippen LogP contribution is -2.44. The molecule has 2 aromatic rings. The van der Waals surface area contributed by atoms with E-state index in [2.05, 4.69) is 22.9 Å². The highest BCUT2D eigenvalue weighted by Gasteiger charge is 2.21. The van der Waals surface area contributed by atoms with Crippen molar-refractivity contribution in [1.29, 1.82) is 0 Å². The second-order valence-electron chi connectivity index (χ2n) is 7.21. The average molecular weight is 442 g/mol. The predicted octanol–water partition coefficient (Wildman–Crippen LogP) is 4.81. The molecule has 0 saturated carbocycles. The molecule has 0 aliphatic heterocycles. The Morgan fingerprint density at radius 2 is 1.68 bits per heavy atom. The van der Waals surface area contributed by atoms with Gasteiger partial charge in [-0.05, 0) is 49.8 Å². The van der Waals surface area contributed by atoms with E-state index in [1.807, 2.05) is 48.5 Å². The number of amides is 2. The van der Waals surface area contributed by atoms with E-state index in [0.29, 0.717) is 12.1 Å². The molecule has 7 heteroatoms. The van der Waals surface area contributed by atoms with Crippen molar-refractivity contribution >= 4 is 34.9 Å². The zero-order valence-electron chi connectivity index (χ0n) is 17.9. The highest BCUT2D eigenvalue weighted by Crippen LogP contribution is 2.09. The van der Waals surface area contributed by atoms with Crippen LogP contribution in [0.25, 0.3) is 0 Å². The summed E-state index contributed by atoms with van der Waals surface area (Å²) in [4.78, 5) is 25.9. The Balaban J connectivity index is 1.85. The number of carbonyl (C=O) groups excluding carboxylic acids is 2. The first-order chi connectivity index (χ1) is 15.1. The number of alkyl carbamates (subject to hydrolysis) is 1. The number of anilines is 1. The molecule has 166 valence electrons. The van der Waals surface area contributed by atoms with Crippen molar-refractivity contribution in [3.8, 4) is 0 Å². The third-order valence-corrected chi connectivity index (χ3v) is 4.93. The van der Waals surface area contributed by atoms with Gasteiger partial charge in [-0.2, -0.15) is 0 Å². The van der Waals surface area contributed by atoms with Crippen LogP contribution in [0.1, 0.15) is 44.6 Å². The Kier molecular flexibility index (Phi) is 11.1. The molecule has 0 aliphatic rings. The maximum atomic E-state index is 12.8. The third kappa shape index (κ3) is 10.1. The van der Waals surface area contributed by atoms with Gasteiger partial charge < -0.3 is 20.7 Å². The van der Waals surface area contributed by atoms with Gasteiger partial charge in [0, 0.05) is 12.2 Å². The number of hydrogen-bond donors (Lipinski definition) is 3. The molecular formula is C24H31N3O3S. The fourth-order valence-corrected chi connectivity index (χ4v) is 3.25. The molecule has 0 heterocycles. The molecule has 3 N–H and O–H groups in total. The van der Waals surface area contributed by atoms with Gasteiger partial charge in [-0.3, -0.25) is 4.79 Å². The van der Waals surface area contributed by atoms with Crippen LogP contribution in [0.5, 0.6) is 0 Å². The molecule has 0 saturated heterocycles. The number of rotatable bonds is 12. The van der Waals surface area contributed by atoms with Gasteiger partial charge in [0.2, 0.25) is 5.91 Å². The molecule has 0 bridgehead atoms. The molecule has 0 radical (unpaired) electrons. The van der Waals surface area contributed by atoms with Gasteiger partial charge in [-0.15, -0.1) is 0 Å². The SMILES string of the molecule is CCCC(=S)NCCCC[C@H](NC(=O)OCc1ccccc1)C(=O)Nc1ccccc1. The smallest absolute Gasteiger partial charge is 0.408 e. The average Bonchev–Trinajstić information content (AvgIpc) is 2.78. The highest BCUT2D eigenvalue weighted by molar-refractivity contribution is 7.80. The third-order valence-electron chi connectivity index (χ3n) is 4.58.